The summed E-state index contributed by atoms with van der Waals surface area (Å²) >= 11 is 5.75. The molecule has 1 aliphatic heterocycles. The van der Waals surface area contributed by atoms with Crippen molar-refractivity contribution >= 4 is 23.2 Å². The van der Waals surface area contributed by atoms with Crippen molar-refractivity contribution in [2.24, 2.45) is 11.8 Å². The van der Waals surface area contributed by atoms with Gasteiger partial charge in [-0.3, -0.25) is 4.79 Å². The Kier molecular flexibility index (Phi) is 5.66. The molecule has 0 radical (unpaired) electrons. The number of nitrogens with one attached hydrogen (secondary N) is 1. The maximum absolute atomic E-state index is 14.0. The van der Waals surface area contributed by atoms with E-state index in [1.54, 1.807) is 0 Å². The van der Waals surface area contributed by atoms with Crippen molar-refractivity contribution < 1.29 is 27.1 Å². The SMILES string of the molecule is C[C@@H](C(=O)Nc1ccc(Cl)cc1F)C1CCC2(CC1)COc1cc(C(F)(F)F)ccc12. The maximum Gasteiger partial charge on any atom is 0.416 e. The number of hydrogen-bond acceptors (Lipinski definition) is 2. The molecule has 2 aliphatic rings. The number of hydrogen-bond donors (Lipinski definition) is 1. The van der Waals surface area contributed by atoms with Crippen molar-refractivity contribution in [2.45, 2.75) is 44.2 Å². The summed E-state index contributed by atoms with van der Waals surface area (Å²) in [6.45, 7) is 2.17. The highest BCUT2D eigenvalue weighted by Gasteiger charge is 2.45. The van der Waals surface area contributed by atoms with Gasteiger partial charge >= 0.3 is 6.18 Å². The smallest absolute Gasteiger partial charge is 0.416 e. The number of carbonyl (C=O) groups excluding carboxylic acids is 1. The Morgan fingerprint density at radius 1 is 1.19 bits per heavy atom. The Labute approximate surface area is 182 Å². The number of fused-ring (bicyclic) bond motifs is 2. The van der Waals surface area contributed by atoms with Crippen molar-refractivity contribution in [3.63, 3.8) is 0 Å². The summed E-state index contributed by atoms with van der Waals surface area (Å²) in [4.78, 5) is 12.6. The van der Waals surface area contributed by atoms with Gasteiger partial charge in [-0.05, 0) is 61.9 Å². The van der Waals surface area contributed by atoms with Crippen LogP contribution in [0.15, 0.2) is 36.4 Å². The Balaban J connectivity index is 1.42. The fourth-order valence-electron chi connectivity index (χ4n) is 4.71. The van der Waals surface area contributed by atoms with E-state index in [2.05, 4.69) is 5.32 Å². The normalized spacial score (nSPS) is 23.9. The molecule has 0 bridgehead atoms. The van der Waals surface area contributed by atoms with Crippen LogP contribution in [0.1, 0.15) is 43.7 Å². The first-order valence-electron chi connectivity index (χ1n) is 10.2. The molecular formula is C23H22ClF4NO2. The Hall–Kier alpha value is -2.28. The average molecular weight is 456 g/mol. The van der Waals surface area contributed by atoms with E-state index in [-0.39, 0.29) is 33.9 Å². The number of carbonyl (C=O) groups is 1. The molecule has 1 saturated carbocycles. The van der Waals surface area contributed by atoms with Crippen LogP contribution in [0.3, 0.4) is 0 Å². The summed E-state index contributed by atoms with van der Waals surface area (Å²) in [6.07, 6.45) is -1.48. The Morgan fingerprint density at radius 2 is 1.90 bits per heavy atom. The van der Waals surface area contributed by atoms with Gasteiger partial charge < -0.3 is 10.1 Å². The van der Waals surface area contributed by atoms with E-state index in [4.69, 9.17) is 16.3 Å². The van der Waals surface area contributed by atoms with E-state index in [1.807, 2.05) is 6.92 Å². The van der Waals surface area contributed by atoms with Gasteiger partial charge in [-0.15, -0.1) is 0 Å². The fourth-order valence-corrected chi connectivity index (χ4v) is 4.87. The topological polar surface area (TPSA) is 38.3 Å². The molecule has 1 atom stereocenters. The quantitative estimate of drug-likeness (QED) is 0.530. The van der Waals surface area contributed by atoms with Gasteiger partial charge in [0.25, 0.3) is 0 Å². The average Bonchev–Trinajstić information content (AvgIpc) is 3.07. The molecule has 1 amide bonds. The van der Waals surface area contributed by atoms with Gasteiger partial charge in [-0.2, -0.15) is 13.2 Å². The molecule has 8 heteroatoms. The molecule has 3 nitrogen and oxygen atoms in total. The first-order valence-corrected chi connectivity index (χ1v) is 10.6. The zero-order valence-corrected chi connectivity index (χ0v) is 17.6. The van der Waals surface area contributed by atoms with Crippen LogP contribution in [-0.4, -0.2) is 12.5 Å². The summed E-state index contributed by atoms with van der Waals surface area (Å²) in [5.74, 6) is -0.785. The third-order valence-corrected chi connectivity index (χ3v) is 6.92. The number of rotatable bonds is 3. The van der Waals surface area contributed by atoms with Gasteiger partial charge in [-0.1, -0.05) is 24.6 Å². The van der Waals surface area contributed by atoms with Gasteiger partial charge in [-0.25, -0.2) is 4.39 Å². The molecule has 4 rings (SSSR count). The van der Waals surface area contributed by atoms with Crippen molar-refractivity contribution in [3.8, 4) is 5.75 Å². The third-order valence-electron chi connectivity index (χ3n) is 6.68. The van der Waals surface area contributed by atoms with E-state index in [0.717, 1.165) is 49.4 Å². The molecule has 1 aliphatic carbocycles. The maximum atomic E-state index is 14.0. The summed E-state index contributed by atoms with van der Waals surface area (Å²) in [5, 5.41) is 2.88. The number of halogens is 5. The molecule has 1 spiro atoms. The van der Waals surface area contributed by atoms with Crippen LogP contribution in [-0.2, 0) is 16.4 Å². The second kappa shape index (κ2) is 8.01. The van der Waals surface area contributed by atoms with Crippen LogP contribution in [0.5, 0.6) is 5.75 Å². The van der Waals surface area contributed by atoms with Gasteiger partial charge in [0.05, 0.1) is 17.9 Å². The Bertz CT molecular complexity index is 1000. The molecule has 0 aromatic heterocycles. The summed E-state index contributed by atoms with van der Waals surface area (Å²) < 4.78 is 58.6. The first kappa shape index (κ1) is 21.9. The largest absolute Gasteiger partial charge is 0.492 e. The lowest BCUT2D eigenvalue weighted by Gasteiger charge is -2.38. The molecule has 1 fully saturated rings. The molecule has 166 valence electrons. The zero-order chi connectivity index (χ0) is 22.4. The fraction of sp³-hybridized carbons (Fsp3) is 0.435. The predicted octanol–water partition coefficient (Wildman–Crippen LogP) is 6.59. The van der Waals surface area contributed by atoms with Gasteiger partial charge in [0, 0.05) is 21.9 Å². The van der Waals surface area contributed by atoms with E-state index >= 15 is 0 Å². The lowest BCUT2D eigenvalue weighted by molar-refractivity contribution is -0.137. The van der Waals surface area contributed by atoms with Crippen molar-refractivity contribution in [3.05, 3.63) is 58.4 Å². The standard InChI is InChI=1S/C23H22ClF4NO2/c1-13(21(30)29-19-5-3-16(24)11-18(19)25)14-6-8-22(9-7-14)12-31-20-10-15(23(26,27)28)2-4-17(20)22/h2-5,10-11,13-14H,6-9,12H2,1H3,(H,29,30)/t13-,14?,22?/m1/s1. The minimum Gasteiger partial charge on any atom is -0.492 e. The van der Waals surface area contributed by atoms with E-state index in [0.29, 0.717) is 12.4 Å². The highest BCUT2D eigenvalue weighted by molar-refractivity contribution is 6.30. The first-order chi connectivity index (χ1) is 14.6. The second-order valence-electron chi connectivity index (χ2n) is 8.52. The molecular weight excluding hydrogens is 434 g/mol. The molecule has 1 heterocycles. The monoisotopic (exact) mass is 455 g/mol. The third kappa shape index (κ3) is 4.25. The number of amides is 1. The summed E-state index contributed by atoms with van der Waals surface area (Å²) in [6, 6.07) is 7.81. The molecule has 31 heavy (non-hydrogen) atoms. The zero-order valence-electron chi connectivity index (χ0n) is 16.9. The number of ether oxygens (including phenoxy) is 1. The van der Waals surface area contributed by atoms with E-state index < -0.39 is 17.6 Å². The van der Waals surface area contributed by atoms with Crippen LogP contribution >= 0.6 is 11.6 Å². The van der Waals surface area contributed by atoms with Crippen LogP contribution in [0.2, 0.25) is 5.02 Å². The van der Waals surface area contributed by atoms with E-state index in [9.17, 15) is 22.4 Å². The van der Waals surface area contributed by atoms with Crippen molar-refractivity contribution in [2.75, 3.05) is 11.9 Å². The molecule has 0 saturated heterocycles. The predicted molar refractivity (Wildman–Crippen MR) is 110 cm³/mol. The molecule has 2 aromatic carbocycles. The van der Waals surface area contributed by atoms with Crippen LogP contribution in [0.25, 0.3) is 0 Å². The molecule has 2 aromatic rings. The van der Waals surface area contributed by atoms with Gasteiger partial charge in [0.2, 0.25) is 5.91 Å². The summed E-state index contributed by atoms with van der Waals surface area (Å²) in [5.41, 5.74) is -0.114. The minimum absolute atomic E-state index is 0.0899. The van der Waals surface area contributed by atoms with Crippen LogP contribution < -0.4 is 10.1 Å². The molecule has 0 unspecified atom stereocenters. The minimum atomic E-state index is -4.40. The van der Waals surface area contributed by atoms with Crippen LogP contribution in [0.4, 0.5) is 23.2 Å². The highest BCUT2D eigenvalue weighted by atomic mass is 35.5. The highest BCUT2D eigenvalue weighted by Crippen LogP contribution is 2.51. The van der Waals surface area contributed by atoms with Gasteiger partial charge in [0.15, 0.2) is 0 Å². The van der Waals surface area contributed by atoms with Gasteiger partial charge in [0.1, 0.15) is 11.6 Å². The summed E-state index contributed by atoms with van der Waals surface area (Å²) in [7, 11) is 0. The lowest BCUT2D eigenvalue weighted by Crippen LogP contribution is -2.37. The van der Waals surface area contributed by atoms with E-state index in [1.165, 1.54) is 18.2 Å². The number of alkyl halides is 3. The number of benzene rings is 2. The Morgan fingerprint density at radius 3 is 2.55 bits per heavy atom. The molecule has 1 N–H and O–H groups in total. The van der Waals surface area contributed by atoms with Crippen molar-refractivity contribution in [1.82, 2.24) is 0 Å². The number of anilines is 1. The van der Waals surface area contributed by atoms with Crippen LogP contribution in [0, 0.1) is 17.7 Å². The lowest BCUT2D eigenvalue weighted by atomic mass is 9.65. The van der Waals surface area contributed by atoms with Crippen molar-refractivity contribution in [1.29, 1.82) is 0 Å². The second-order valence-corrected chi connectivity index (χ2v) is 8.95.